The second-order valence-corrected chi connectivity index (χ2v) is 8.75. The van der Waals surface area contributed by atoms with Crippen LogP contribution in [0.4, 0.5) is 10.9 Å². The molecule has 0 fully saturated rings. The molecule has 0 amide bonds. The third-order valence-corrected chi connectivity index (χ3v) is 6.38. The number of nitrogens with zero attached hydrogens (tertiary/aromatic N) is 2. The van der Waals surface area contributed by atoms with Crippen molar-refractivity contribution in [2.45, 2.75) is 24.2 Å². The molecule has 0 radical (unpaired) electrons. The van der Waals surface area contributed by atoms with E-state index in [2.05, 4.69) is 27.4 Å². The van der Waals surface area contributed by atoms with Gasteiger partial charge in [-0.15, -0.1) is 35.5 Å². The first-order valence-corrected chi connectivity index (χ1v) is 11.7. The molecular formula is C24H24ClN3O2S2. The predicted octanol–water partition coefficient (Wildman–Crippen LogP) is 6.89. The molecule has 2 aromatic heterocycles. The first-order valence-electron chi connectivity index (χ1n) is 9.81. The van der Waals surface area contributed by atoms with Crippen LogP contribution in [-0.2, 0) is 12.4 Å². The van der Waals surface area contributed by atoms with Gasteiger partial charge in [-0.25, -0.2) is 9.97 Å². The van der Waals surface area contributed by atoms with Gasteiger partial charge in [-0.2, -0.15) is 0 Å². The number of nitrogens with one attached hydrogen (secondary N) is 1. The molecular weight excluding hydrogens is 462 g/mol. The van der Waals surface area contributed by atoms with Crippen molar-refractivity contribution in [1.82, 2.24) is 9.97 Å². The summed E-state index contributed by atoms with van der Waals surface area (Å²) in [4.78, 5) is 10.1. The van der Waals surface area contributed by atoms with E-state index in [1.54, 1.807) is 30.2 Å². The summed E-state index contributed by atoms with van der Waals surface area (Å²) in [6.07, 6.45) is 1.87. The average molecular weight is 486 g/mol. The van der Waals surface area contributed by atoms with Gasteiger partial charge in [-0.05, 0) is 36.2 Å². The molecule has 32 heavy (non-hydrogen) atoms. The van der Waals surface area contributed by atoms with Crippen LogP contribution in [0.5, 0.6) is 11.5 Å². The molecule has 0 unspecified atom stereocenters. The fraction of sp³-hybridized carbons (Fsp3) is 0.167. The van der Waals surface area contributed by atoms with Crippen molar-refractivity contribution in [3.8, 4) is 11.5 Å². The molecule has 0 spiro atoms. The molecule has 4 aromatic rings. The Hall–Kier alpha value is -2.74. The lowest BCUT2D eigenvalue weighted by molar-refractivity contribution is 0.306. The molecule has 0 aliphatic rings. The maximum absolute atomic E-state index is 6.15. The number of rotatable bonds is 9. The molecule has 2 heterocycles. The Labute approximate surface area is 202 Å². The minimum Gasteiger partial charge on any atom is -0.497 e. The fourth-order valence-electron chi connectivity index (χ4n) is 2.85. The molecule has 166 valence electrons. The average Bonchev–Trinajstić information content (AvgIpc) is 3.23. The molecule has 1 N–H and O–H groups in total. The number of ether oxygens (including phenoxy) is 2. The number of thioether (sulfide) groups is 1. The number of benzene rings is 2. The maximum Gasteiger partial charge on any atom is 0.188 e. The Morgan fingerprint density at radius 2 is 1.81 bits per heavy atom. The second-order valence-electron chi connectivity index (χ2n) is 6.85. The summed E-state index contributed by atoms with van der Waals surface area (Å²) < 4.78 is 11.4. The number of hydrogen-bond acceptors (Lipinski definition) is 7. The molecule has 0 aliphatic heterocycles. The molecule has 0 saturated heterocycles. The highest BCUT2D eigenvalue weighted by Gasteiger charge is 2.11. The van der Waals surface area contributed by atoms with E-state index in [1.807, 2.05) is 67.0 Å². The van der Waals surface area contributed by atoms with E-state index >= 15 is 0 Å². The standard InChI is InChI=1S/C24H23N3O2S2.ClH/c1-17-15-31-24(26-17)27-23-22(29-14-18-6-4-3-5-7-18)12-21(13-25-23)30-16-19-8-10-20(28-2)11-9-19;/h3-13,15H,14,16H2,1-2H3,(H,25,26,27);1H. The van der Waals surface area contributed by atoms with E-state index in [0.717, 1.165) is 32.8 Å². The van der Waals surface area contributed by atoms with E-state index in [4.69, 9.17) is 9.47 Å². The number of pyridine rings is 1. The minimum atomic E-state index is 0. The summed E-state index contributed by atoms with van der Waals surface area (Å²) in [5.41, 5.74) is 3.30. The number of hydrogen-bond donors (Lipinski definition) is 1. The normalized spacial score (nSPS) is 10.3. The Morgan fingerprint density at radius 1 is 1.03 bits per heavy atom. The topological polar surface area (TPSA) is 56.3 Å². The van der Waals surface area contributed by atoms with Gasteiger partial charge in [0, 0.05) is 22.2 Å². The van der Waals surface area contributed by atoms with Crippen LogP contribution >= 0.6 is 35.5 Å². The maximum atomic E-state index is 6.15. The Morgan fingerprint density at radius 3 is 2.50 bits per heavy atom. The monoisotopic (exact) mass is 485 g/mol. The second kappa shape index (κ2) is 11.8. The van der Waals surface area contributed by atoms with Crippen LogP contribution in [0, 0.1) is 6.92 Å². The third-order valence-electron chi connectivity index (χ3n) is 4.47. The van der Waals surface area contributed by atoms with E-state index in [9.17, 15) is 0 Å². The van der Waals surface area contributed by atoms with Crippen LogP contribution < -0.4 is 14.8 Å². The van der Waals surface area contributed by atoms with Crippen molar-refractivity contribution in [3.05, 3.63) is 89.1 Å². The number of methoxy groups -OCH3 is 1. The van der Waals surface area contributed by atoms with Gasteiger partial charge < -0.3 is 14.8 Å². The van der Waals surface area contributed by atoms with Crippen LogP contribution in [0.2, 0.25) is 0 Å². The Balaban J connectivity index is 0.00000289. The molecule has 8 heteroatoms. The van der Waals surface area contributed by atoms with Gasteiger partial charge in [0.25, 0.3) is 0 Å². The lowest BCUT2D eigenvalue weighted by Gasteiger charge is -2.13. The molecule has 0 aliphatic carbocycles. The number of anilines is 2. The first-order chi connectivity index (χ1) is 15.2. The molecule has 4 rings (SSSR count). The molecule has 2 aromatic carbocycles. The van der Waals surface area contributed by atoms with E-state index < -0.39 is 0 Å². The quantitative estimate of drug-likeness (QED) is 0.260. The van der Waals surface area contributed by atoms with Gasteiger partial charge in [-0.3, -0.25) is 0 Å². The fourth-order valence-corrected chi connectivity index (χ4v) is 4.38. The van der Waals surface area contributed by atoms with Crippen molar-refractivity contribution in [2.75, 3.05) is 12.4 Å². The predicted molar refractivity (Wildman–Crippen MR) is 135 cm³/mol. The van der Waals surface area contributed by atoms with E-state index in [1.165, 1.54) is 5.56 Å². The van der Waals surface area contributed by atoms with Gasteiger partial charge >= 0.3 is 0 Å². The highest BCUT2D eigenvalue weighted by atomic mass is 35.5. The van der Waals surface area contributed by atoms with Crippen LogP contribution in [0.3, 0.4) is 0 Å². The lowest BCUT2D eigenvalue weighted by atomic mass is 10.2. The highest BCUT2D eigenvalue weighted by molar-refractivity contribution is 7.98. The van der Waals surface area contributed by atoms with Crippen LogP contribution in [0.15, 0.2) is 77.1 Å². The number of aromatic nitrogens is 2. The highest BCUT2D eigenvalue weighted by Crippen LogP contribution is 2.33. The van der Waals surface area contributed by atoms with Crippen LogP contribution in [0.25, 0.3) is 0 Å². The van der Waals surface area contributed by atoms with Crippen molar-refractivity contribution < 1.29 is 9.47 Å². The summed E-state index contributed by atoms with van der Waals surface area (Å²) in [6, 6.07) is 20.3. The summed E-state index contributed by atoms with van der Waals surface area (Å²) in [5.74, 6) is 3.07. The van der Waals surface area contributed by atoms with Crippen molar-refractivity contribution in [2.24, 2.45) is 0 Å². The Kier molecular flexibility index (Phi) is 8.79. The summed E-state index contributed by atoms with van der Waals surface area (Å²) in [7, 11) is 1.68. The van der Waals surface area contributed by atoms with E-state index in [-0.39, 0.29) is 12.4 Å². The third kappa shape index (κ3) is 6.63. The minimum absolute atomic E-state index is 0. The lowest BCUT2D eigenvalue weighted by Crippen LogP contribution is -2.01. The summed E-state index contributed by atoms with van der Waals surface area (Å²) in [6.45, 7) is 2.45. The zero-order chi connectivity index (χ0) is 21.5. The largest absolute Gasteiger partial charge is 0.497 e. The molecule has 0 saturated carbocycles. The van der Waals surface area contributed by atoms with Crippen LogP contribution in [0.1, 0.15) is 16.8 Å². The number of halogens is 1. The summed E-state index contributed by atoms with van der Waals surface area (Å²) >= 11 is 3.27. The van der Waals surface area contributed by atoms with E-state index in [0.29, 0.717) is 18.2 Å². The SMILES string of the molecule is COc1ccc(CSc2cnc(Nc3nc(C)cs3)c(OCc3ccccc3)c2)cc1.Cl. The van der Waals surface area contributed by atoms with Gasteiger partial charge in [-0.1, -0.05) is 42.5 Å². The number of aryl methyl sites for hydroxylation is 1. The Bertz CT molecular complexity index is 1120. The summed E-state index contributed by atoms with van der Waals surface area (Å²) in [5, 5.41) is 6.10. The van der Waals surface area contributed by atoms with Gasteiger partial charge in [0.1, 0.15) is 12.4 Å². The smallest absolute Gasteiger partial charge is 0.188 e. The zero-order valence-corrected chi connectivity index (χ0v) is 20.2. The first kappa shape index (κ1) is 23.9. The zero-order valence-electron chi connectivity index (χ0n) is 17.8. The van der Waals surface area contributed by atoms with Crippen molar-refractivity contribution in [1.29, 1.82) is 0 Å². The van der Waals surface area contributed by atoms with Crippen LogP contribution in [-0.4, -0.2) is 17.1 Å². The van der Waals surface area contributed by atoms with Crippen molar-refractivity contribution >= 4 is 46.5 Å². The molecule has 0 bridgehead atoms. The van der Waals surface area contributed by atoms with Gasteiger partial charge in [0.2, 0.25) is 0 Å². The van der Waals surface area contributed by atoms with Crippen molar-refractivity contribution in [3.63, 3.8) is 0 Å². The number of thiazole rings is 1. The molecule has 5 nitrogen and oxygen atoms in total. The van der Waals surface area contributed by atoms with Gasteiger partial charge in [0.05, 0.1) is 12.8 Å². The van der Waals surface area contributed by atoms with Gasteiger partial charge in [0.15, 0.2) is 16.7 Å². The molecule has 0 atom stereocenters.